The van der Waals surface area contributed by atoms with Crippen LogP contribution in [0.3, 0.4) is 0 Å². The quantitative estimate of drug-likeness (QED) is 0.555. The molecular formula is C13H30FN. The van der Waals surface area contributed by atoms with Gasteiger partial charge < -0.3 is 4.90 Å². The summed E-state index contributed by atoms with van der Waals surface area (Å²) >= 11 is 0. The normalized spacial score (nSPS) is 10.5. The molecule has 0 heterocycles. The Labute approximate surface area is 96.4 Å². The third kappa shape index (κ3) is 11.6. The minimum Gasteiger partial charge on any atom is -0.306 e. The summed E-state index contributed by atoms with van der Waals surface area (Å²) in [5.41, 5.74) is 1.42. The van der Waals surface area contributed by atoms with E-state index in [2.05, 4.69) is 39.3 Å². The molecule has 0 aromatic carbocycles. The molecule has 2 heteroatoms. The minimum absolute atomic E-state index is 0. The molecule has 0 radical (unpaired) electrons. The average molecular weight is 219 g/mol. The minimum atomic E-state index is 0. The molecule has 94 valence electrons. The second kappa shape index (κ2) is 10.2. The standard InChI is InChI=1S/C13H27N.FH.H2/c1-6-9-14(5)10-7-8-13(4)11-12(2)3;;/h12H,4,6-11H2,1-3,5H3;2*1H. The molecule has 0 fully saturated rings. The Bertz CT molecular complexity index is 160. The Morgan fingerprint density at radius 3 is 2.40 bits per heavy atom. The molecule has 0 rings (SSSR count). The zero-order valence-electron chi connectivity index (χ0n) is 10.9. The van der Waals surface area contributed by atoms with Gasteiger partial charge in [-0.05, 0) is 51.7 Å². The van der Waals surface area contributed by atoms with Gasteiger partial charge in [0.2, 0.25) is 0 Å². The average Bonchev–Trinajstić information content (AvgIpc) is 2.02. The molecule has 0 bridgehead atoms. The fraction of sp³-hybridized carbons (Fsp3) is 0.846. The summed E-state index contributed by atoms with van der Waals surface area (Å²) in [6.45, 7) is 13.3. The molecule has 0 unspecified atom stereocenters. The van der Waals surface area contributed by atoms with E-state index in [0.717, 1.165) is 5.92 Å². The van der Waals surface area contributed by atoms with Gasteiger partial charge in [0.25, 0.3) is 0 Å². The Balaban J connectivity index is -0.000000845. The van der Waals surface area contributed by atoms with Gasteiger partial charge in [0, 0.05) is 1.43 Å². The van der Waals surface area contributed by atoms with Crippen LogP contribution in [0.2, 0.25) is 0 Å². The monoisotopic (exact) mass is 219 g/mol. The Morgan fingerprint density at radius 1 is 1.33 bits per heavy atom. The Kier molecular flexibility index (Phi) is 11.5. The van der Waals surface area contributed by atoms with E-state index in [1.165, 1.54) is 44.3 Å². The molecule has 0 aromatic rings. The van der Waals surface area contributed by atoms with E-state index in [4.69, 9.17) is 0 Å². The first kappa shape index (κ1) is 17.0. The van der Waals surface area contributed by atoms with Crippen molar-refractivity contribution in [2.24, 2.45) is 5.92 Å². The summed E-state index contributed by atoms with van der Waals surface area (Å²) in [5, 5.41) is 0. The van der Waals surface area contributed by atoms with Crippen LogP contribution in [0.4, 0.5) is 4.70 Å². The second-order valence-corrected chi connectivity index (χ2v) is 4.75. The van der Waals surface area contributed by atoms with Gasteiger partial charge in [0.15, 0.2) is 0 Å². The lowest BCUT2D eigenvalue weighted by molar-refractivity contribution is 0.329. The van der Waals surface area contributed by atoms with Gasteiger partial charge in [-0.1, -0.05) is 32.9 Å². The van der Waals surface area contributed by atoms with E-state index in [0.29, 0.717) is 0 Å². The zero-order chi connectivity index (χ0) is 11.0. The molecule has 0 amide bonds. The summed E-state index contributed by atoms with van der Waals surface area (Å²) in [6.07, 6.45) is 4.91. The number of rotatable bonds is 8. The first-order chi connectivity index (χ1) is 6.56. The van der Waals surface area contributed by atoms with Crippen molar-refractivity contribution in [3.63, 3.8) is 0 Å². The highest BCUT2D eigenvalue weighted by Gasteiger charge is 2.00. The van der Waals surface area contributed by atoms with Crippen molar-refractivity contribution < 1.29 is 6.13 Å². The van der Waals surface area contributed by atoms with E-state index in [1.54, 1.807) is 0 Å². The van der Waals surface area contributed by atoms with Crippen LogP contribution < -0.4 is 0 Å². The molecule has 0 saturated heterocycles. The molecule has 0 aliphatic heterocycles. The number of hydrogen-bond acceptors (Lipinski definition) is 1. The zero-order valence-corrected chi connectivity index (χ0v) is 10.9. The largest absolute Gasteiger partial charge is 0.306 e. The summed E-state index contributed by atoms with van der Waals surface area (Å²) < 4.78 is 0. The van der Waals surface area contributed by atoms with Crippen LogP contribution in [0.1, 0.15) is 47.9 Å². The molecule has 0 aromatic heterocycles. The van der Waals surface area contributed by atoms with Gasteiger partial charge in [-0.15, -0.1) is 0 Å². The van der Waals surface area contributed by atoms with Gasteiger partial charge in [0.1, 0.15) is 0 Å². The number of halogens is 1. The van der Waals surface area contributed by atoms with Gasteiger partial charge >= 0.3 is 0 Å². The lowest BCUT2D eigenvalue weighted by Crippen LogP contribution is -2.20. The summed E-state index contributed by atoms with van der Waals surface area (Å²) in [4.78, 5) is 2.41. The predicted octanol–water partition coefficient (Wildman–Crippen LogP) is 4.11. The van der Waals surface area contributed by atoms with E-state index >= 15 is 0 Å². The van der Waals surface area contributed by atoms with Crippen LogP contribution in [0.25, 0.3) is 0 Å². The van der Waals surface area contributed by atoms with Crippen LogP contribution in [0.15, 0.2) is 12.2 Å². The Hall–Kier alpha value is -0.370. The van der Waals surface area contributed by atoms with E-state index in [-0.39, 0.29) is 6.13 Å². The first-order valence-electron chi connectivity index (χ1n) is 5.91. The summed E-state index contributed by atoms with van der Waals surface area (Å²) in [6, 6.07) is 0. The van der Waals surface area contributed by atoms with Crippen molar-refractivity contribution in [1.29, 1.82) is 0 Å². The first-order valence-corrected chi connectivity index (χ1v) is 5.91. The van der Waals surface area contributed by atoms with Crippen LogP contribution in [0.5, 0.6) is 0 Å². The molecule has 0 atom stereocenters. The third-order valence-electron chi connectivity index (χ3n) is 2.37. The van der Waals surface area contributed by atoms with Crippen LogP contribution in [-0.4, -0.2) is 25.0 Å². The molecule has 15 heavy (non-hydrogen) atoms. The van der Waals surface area contributed by atoms with Crippen LogP contribution >= 0.6 is 0 Å². The molecule has 1 nitrogen and oxygen atoms in total. The van der Waals surface area contributed by atoms with Crippen LogP contribution in [-0.2, 0) is 0 Å². The molecule has 0 aliphatic carbocycles. The fourth-order valence-corrected chi connectivity index (χ4v) is 1.77. The molecule has 0 spiro atoms. The number of hydrogen-bond donors (Lipinski definition) is 0. The topological polar surface area (TPSA) is 3.24 Å². The van der Waals surface area contributed by atoms with E-state index in [9.17, 15) is 0 Å². The molecule has 0 N–H and O–H groups in total. The van der Waals surface area contributed by atoms with Crippen molar-refractivity contribution >= 4 is 0 Å². The maximum absolute atomic E-state index is 4.12. The summed E-state index contributed by atoms with van der Waals surface area (Å²) in [5.74, 6) is 0.760. The summed E-state index contributed by atoms with van der Waals surface area (Å²) in [7, 11) is 2.20. The lowest BCUT2D eigenvalue weighted by atomic mass is 10.0. The highest BCUT2D eigenvalue weighted by Crippen LogP contribution is 2.13. The van der Waals surface area contributed by atoms with E-state index < -0.39 is 0 Å². The maximum atomic E-state index is 4.12. The Morgan fingerprint density at radius 2 is 1.93 bits per heavy atom. The lowest BCUT2D eigenvalue weighted by Gasteiger charge is -2.15. The highest BCUT2D eigenvalue weighted by molar-refractivity contribution is 4.94. The maximum Gasteiger partial charge on any atom is 0 e. The van der Waals surface area contributed by atoms with Crippen molar-refractivity contribution in [3.05, 3.63) is 12.2 Å². The molecule has 0 aliphatic rings. The number of nitrogens with zero attached hydrogens (tertiary/aromatic N) is 1. The van der Waals surface area contributed by atoms with Gasteiger partial charge in [-0.25, -0.2) is 0 Å². The van der Waals surface area contributed by atoms with Gasteiger partial charge in [-0.2, -0.15) is 0 Å². The number of allylic oxidation sites excluding steroid dienone is 1. The van der Waals surface area contributed by atoms with Gasteiger partial charge in [0.05, 0.1) is 0 Å². The smallest absolute Gasteiger partial charge is 0 e. The highest BCUT2D eigenvalue weighted by atomic mass is 19.0. The van der Waals surface area contributed by atoms with Crippen molar-refractivity contribution in [2.45, 2.75) is 46.5 Å². The van der Waals surface area contributed by atoms with Crippen molar-refractivity contribution in [3.8, 4) is 0 Å². The van der Waals surface area contributed by atoms with Crippen LogP contribution in [0, 0.1) is 5.92 Å². The third-order valence-corrected chi connectivity index (χ3v) is 2.37. The fourth-order valence-electron chi connectivity index (χ4n) is 1.77. The molecule has 0 saturated carbocycles. The second-order valence-electron chi connectivity index (χ2n) is 4.75. The van der Waals surface area contributed by atoms with Crippen molar-refractivity contribution in [1.82, 2.24) is 4.90 Å². The van der Waals surface area contributed by atoms with E-state index in [1.807, 2.05) is 0 Å². The van der Waals surface area contributed by atoms with Crippen molar-refractivity contribution in [2.75, 3.05) is 20.1 Å². The van der Waals surface area contributed by atoms with Gasteiger partial charge in [-0.3, -0.25) is 4.70 Å². The SMILES string of the molecule is C=C(CCCN(C)CCC)CC(C)C.F.[HH]. The molecular weight excluding hydrogens is 189 g/mol. The predicted molar refractivity (Wildman–Crippen MR) is 70.2 cm³/mol.